The van der Waals surface area contributed by atoms with Crippen LogP contribution in [0.1, 0.15) is 15.9 Å². The topological polar surface area (TPSA) is 103 Å². The van der Waals surface area contributed by atoms with E-state index >= 15 is 0 Å². The van der Waals surface area contributed by atoms with Crippen molar-refractivity contribution in [2.24, 2.45) is 0 Å². The van der Waals surface area contributed by atoms with E-state index < -0.39 is 0 Å². The van der Waals surface area contributed by atoms with Crippen LogP contribution in [0.15, 0.2) is 53.5 Å². The van der Waals surface area contributed by atoms with Crippen LogP contribution < -0.4 is 15.5 Å². The molecule has 126 valence electrons. The minimum Gasteiger partial charge on any atom is -0.472 e. The molecule has 25 heavy (non-hydrogen) atoms. The normalized spacial score (nSPS) is 12.7. The Kier molecular flexibility index (Phi) is 3.70. The van der Waals surface area contributed by atoms with Crippen molar-refractivity contribution in [3.05, 3.63) is 60.2 Å². The number of aromatic nitrogens is 2. The third kappa shape index (κ3) is 2.97. The van der Waals surface area contributed by atoms with Crippen molar-refractivity contribution in [1.82, 2.24) is 10.2 Å². The van der Waals surface area contributed by atoms with Gasteiger partial charge in [-0.2, -0.15) is 5.10 Å². The lowest BCUT2D eigenvalue weighted by Crippen LogP contribution is -2.28. The summed E-state index contributed by atoms with van der Waals surface area (Å²) in [6.07, 6.45) is 5.21. The van der Waals surface area contributed by atoms with Crippen molar-refractivity contribution in [1.29, 1.82) is 0 Å². The molecule has 8 heteroatoms. The van der Waals surface area contributed by atoms with Crippen LogP contribution in [-0.2, 0) is 6.42 Å². The Morgan fingerprint density at radius 2 is 2.12 bits per heavy atom. The molecule has 1 aromatic carbocycles. The number of fused-ring (bicyclic) bond motifs is 1. The van der Waals surface area contributed by atoms with Gasteiger partial charge in [-0.05, 0) is 36.2 Å². The zero-order valence-electron chi connectivity index (χ0n) is 13.2. The quantitative estimate of drug-likeness (QED) is 0.683. The molecular formula is C17H15N5O3. The van der Waals surface area contributed by atoms with E-state index in [-0.39, 0.29) is 11.9 Å². The number of carbonyl (C=O) groups excluding carboxylic acids is 2. The molecule has 0 bridgehead atoms. The minimum atomic E-state index is -0.367. The second-order valence-corrected chi connectivity index (χ2v) is 5.61. The van der Waals surface area contributed by atoms with Crippen LogP contribution in [0.4, 0.5) is 22.0 Å². The Hall–Kier alpha value is -3.55. The van der Waals surface area contributed by atoms with Gasteiger partial charge in [0.25, 0.3) is 5.91 Å². The standard InChI is InChI=1S/C17H15N5O3/c23-16(12-5-8-25-10-12)22-7-4-11-9-13(1-2-14(11)22)19-17(24)20-15-3-6-18-21-15/h1-3,5-6,8-10H,4,7H2,(H3,18,19,20,21,24). The molecule has 0 saturated heterocycles. The van der Waals surface area contributed by atoms with E-state index in [0.29, 0.717) is 23.6 Å². The van der Waals surface area contributed by atoms with Crippen molar-refractivity contribution in [3.8, 4) is 0 Å². The van der Waals surface area contributed by atoms with Gasteiger partial charge in [-0.3, -0.25) is 15.2 Å². The fraction of sp³-hybridized carbons (Fsp3) is 0.118. The number of carbonyl (C=O) groups is 2. The van der Waals surface area contributed by atoms with E-state index in [1.807, 2.05) is 12.1 Å². The summed E-state index contributed by atoms with van der Waals surface area (Å²) in [6, 6.07) is 8.43. The van der Waals surface area contributed by atoms with Crippen LogP contribution in [0.5, 0.6) is 0 Å². The molecule has 3 heterocycles. The van der Waals surface area contributed by atoms with Crippen LogP contribution in [0.25, 0.3) is 0 Å². The summed E-state index contributed by atoms with van der Waals surface area (Å²) < 4.78 is 4.98. The predicted molar refractivity (Wildman–Crippen MR) is 91.8 cm³/mol. The summed E-state index contributed by atoms with van der Waals surface area (Å²) in [5, 5.41) is 11.8. The Morgan fingerprint density at radius 3 is 2.88 bits per heavy atom. The third-order valence-electron chi connectivity index (χ3n) is 4.00. The van der Waals surface area contributed by atoms with Gasteiger partial charge in [0.15, 0.2) is 0 Å². The van der Waals surface area contributed by atoms with E-state index in [1.165, 1.54) is 12.5 Å². The Balaban J connectivity index is 1.48. The summed E-state index contributed by atoms with van der Waals surface area (Å²) in [4.78, 5) is 26.2. The molecule has 8 nitrogen and oxygen atoms in total. The molecule has 0 aliphatic carbocycles. The minimum absolute atomic E-state index is 0.0924. The van der Waals surface area contributed by atoms with Crippen molar-refractivity contribution in [2.75, 3.05) is 22.1 Å². The molecule has 3 amide bonds. The van der Waals surface area contributed by atoms with Crippen molar-refractivity contribution in [3.63, 3.8) is 0 Å². The van der Waals surface area contributed by atoms with Crippen LogP contribution in [0.3, 0.4) is 0 Å². The number of hydrogen-bond donors (Lipinski definition) is 3. The fourth-order valence-electron chi connectivity index (χ4n) is 2.84. The zero-order chi connectivity index (χ0) is 17.2. The highest BCUT2D eigenvalue weighted by Crippen LogP contribution is 2.31. The predicted octanol–water partition coefficient (Wildman–Crippen LogP) is 2.85. The monoisotopic (exact) mass is 337 g/mol. The van der Waals surface area contributed by atoms with Gasteiger partial charge in [-0.1, -0.05) is 0 Å². The number of benzene rings is 1. The van der Waals surface area contributed by atoms with Gasteiger partial charge in [-0.15, -0.1) is 0 Å². The largest absolute Gasteiger partial charge is 0.472 e. The first-order valence-corrected chi connectivity index (χ1v) is 7.75. The average molecular weight is 337 g/mol. The van der Waals surface area contributed by atoms with Gasteiger partial charge >= 0.3 is 6.03 Å². The molecule has 0 fully saturated rings. The lowest BCUT2D eigenvalue weighted by Gasteiger charge is -2.16. The summed E-state index contributed by atoms with van der Waals surface area (Å²) in [5.74, 6) is 0.417. The number of nitrogens with one attached hydrogen (secondary N) is 3. The number of anilines is 3. The second-order valence-electron chi connectivity index (χ2n) is 5.61. The summed E-state index contributed by atoms with van der Waals surface area (Å²) in [7, 11) is 0. The lowest BCUT2D eigenvalue weighted by atomic mass is 10.1. The average Bonchev–Trinajstić information content (AvgIpc) is 3.35. The van der Waals surface area contributed by atoms with E-state index in [0.717, 1.165) is 17.7 Å². The molecule has 4 rings (SSSR count). The summed E-state index contributed by atoms with van der Waals surface area (Å²) in [6.45, 7) is 0.600. The van der Waals surface area contributed by atoms with Gasteiger partial charge in [-0.25, -0.2) is 4.79 Å². The number of H-pyrrole nitrogens is 1. The lowest BCUT2D eigenvalue weighted by molar-refractivity contribution is 0.0988. The molecule has 0 atom stereocenters. The van der Waals surface area contributed by atoms with E-state index in [4.69, 9.17) is 4.42 Å². The van der Waals surface area contributed by atoms with Crippen molar-refractivity contribution >= 4 is 29.1 Å². The smallest absolute Gasteiger partial charge is 0.324 e. The highest BCUT2D eigenvalue weighted by molar-refractivity contribution is 6.07. The number of rotatable bonds is 3. The maximum Gasteiger partial charge on any atom is 0.324 e. The van der Waals surface area contributed by atoms with Gasteiger partial charge < -0.3 is 14.6 Å². The molecule has 0 radical (unpaired) electrons. The van der Waals surface area contributed by atoms with Crippen molar-refractivity contribution < 1.29 is 14.0 Å². The molecule has 3 N–H and O–H groups in total. The molecule has 3 aromatic rings. The maximum atomic E-state index is 12.5. The molecule has 1 aliphatic heterocycles. The van der Waals surface area contributed by atoms with E-state index in [2.05, 4.69) is 20.8 Å². The first kappa shape index (κ1) is 15.0. The first-order valence-electron chi connectivity index (χ1n) is 7.75. The molecule has 0 saturated carbocycles. The molecule has 0 unspecified atom stereocenters. The number of nitrogens with zero attached hydrogens (tertiary/aromatic N) is 2. The van der Waals surface area contributed by atoms with Crippen LogP contribution in [0.2, 0.25) is 0 Å². The SMILES string of the molecule is O=C(Nc1ccc2c(c1)CCN2C(=O)c1ccoc1)Nc1ccn[nH]1. The Labute approximate surface area is 142 Å². The Bertz CT molecular complexity index is 903. The van der Waals surface area contributed by atoms with E-state index in [1.54, 1.807) is 29.3 Å². The highest BCUT2D eigenvalue weighted by Gasteiger charge is 2.26. The number of furan rings is 1. The Morgan fingerprint density at radius 1 is 1.20 bits per heavy atom. The molecule has 2 aromatic heterocycles. The first-order chi connectivity index (χ1) is 12.2. The molecule has 0 spiro atoms. The van der Waals surface area contributed by atoms with Gasteiger partial charge in [0.1, 0.15) is 12.1 Å². The molecular weight excluding hydrogens is 322 g/mol. The zero-order valence-corrected chi connectivity index (χ0v) is 13.2. The number of hydrogen-bond acceptors (Lipinski definition) is 4. The second kappa shape index (κ2) is 6.16. The van der Waals surface area contributed by atoms with Gasteiger partial charge in [0, 0.05) is 24.0 Å². The number of aromatic amines is 1. The number of urea groups is 1. The summed E-state index contributed by atoms with van der Waals surface area (Å²) in [5.41, 5.74) is 3.05. The van der Waals surface area contributed by atoms with Crippen LogP contribution in [0, 0.1) is 0 Å². The van der Waals surface area contributed by atoms with E-state index in [9.17, 15) is 9.59 Å². The van der Waals surface area contributed by atoms with Crippen LogP contribution >= 0.6 is 0 Å². The van der Waals surface area contributed by atoms with Crippen molar-refractivity contribution in [2.45, 2.75) is 6.42 Å². The fourth-order valence-corrected chi connectivity index (χ4v) is 2.84. The van der Waals surface area contributed by atoms with Crippen LogP contribution in [-0.4, -0.2) is 28.7 Å². The van der Waals surface area contributed by atoms with Gasteiger partial charge in [0.2, 0.25) is 0 Å². The molecule has 1 aliphatic rings. The van der Waals surface area contributed by atoms with Gasteiger partial charge in [0.05, 0.1) is 18.0 Å². The maximum absolute atomic E-state index is 12.5. The highest BCUT2D eigenvalue weighted by atomic mass is 16.3. The summed E-state index contributed by atoms with van der Waals surface area (Å²) >= 11 is 0. The number of amides is 3. The third-order valence-corrected chi connectivity index (χ3v) is 4.00.